The van der Waals surface area contributed by atoms with Crippen molar-refractivity contribution in [3.05, 3.63) is 65.2 Å². The Kier molecular flexibility index (Phi) is 4.31. The summed E-state index contributed by atoms with van der Waals surface area (Å²) in [5.41, 5.74) is 8.58. The number of phenolic OH excluding ortho intramolecular Hbond substituents is 1. The molecule has 2 rings (SSSR count). The quantitative estimate of drug-likeness (QED) is 0.861. The molecule has 0 aliphatic carbocycles. The molecule has 2 aromatic rings. The number of hydrogen-bond donors (Lipinski definition) is 2. The average Bonchev–Trinajstić information content (AvgIpc) is 2.42. The van der Waals surface area contributed by atoms with Crippen LogP contribution in [0.1, 0.15) is 16.7 Å². The Bertz CT molecular complexity index is 561. The Morgan fingerprint density at radius 3 is 2.21 bits per heavy atom. The minimum atomic E-state index is 0.145. The second kappa shape index (κ2) is 6.16. The maximum Gasteiger partial charge on any atom is 0.141 e. The fraction of sp³-hybridized carbons (Fsp3) is 0.188. The standard InChI is InChI=1S/C16H17NO2/c17-11-14-4-2-1-3-13(14)10-16(19)9-12-5-7-15(18)8-6-12/h1-8,18H,9-11,17H2. The summed E-state index contributed by atoms with van der Waals surface area (Å²) in [6.45, 7) is 0.447. The van der Waals surface area contributed by atoms with Crippen molar-refractivity contribution < 1.29 is 9.90 Å². The van der Waals surface area contributed by atoms with Crippen molar-refractivity contribution in [3.8, 4) is 5.75 Å². The number of aromatic hydroxyl groups is 1. The number of carbonyl (C=O) groups excluding carboxylic acids is 1. The van der Waals surface area contributed by atoms with Gasteiger partial charge in [0.1, 0.15) is 11.5 Å². The summed E-state index contributed by atoms with van der Waals surface area (Å²) < 4.78 is 0. The van der Waals surface area contributed by atoms with Crippen LogP contribution in [-0.4, -0.2) is 10.9 Å². The van der Waals surface area contributed by atoms with Crippen molar-refractivity contribution in [3.63, 3.8) is 0 Å². The molecule has 3 heteroatoms. The number of carbonyl (C=O) groups is 1. The smallest absolute Gasteiger partial charge is 0.141 e. The van der Waals surface area contributed by atoms with E-state index in [1.807, 2.05) is 24.3 Å². The lowest BCUT2D eigenvalue weighted by molar-refractivity contribution is -0.117. The number of nitrogens with two attached hydrogens (primary N) is 1. The van der Waals surface area contributed by atoms with Gasteiger partial charge in [0, 0.05) is 19.4 Å². The van der Waals surface area contributed by atoms with Gasteiger partial charge in [0.05, 0.1) is 0 Å². The first-order valence-electron chi connectivity index (χ1n) is 6.25. The SMILES string of the molecule is NCc1ccccc1CC(=O)Cc1ccc(O)cc1. The number of Topliss-reactive ketones (excluding diaryl/α,β-unsaturated/α-hetero) is 1. The second-order valence-electron chi connectivity index (χ2n) is 4.53. The molecule has 0 aliphatic rings. The molecule has 3 nitrogen and oxygen atoms in total. The van der Waals surface area contributed by atoms with Crippen LogP contribution in [0, 0.1) is 0 Å². The van der Waals surface area contributed by atoms with Crippen LogP contribution in [0.2, 0.25) is 0 Å². The molecule has 0 amide bonds. The first kappa shape index (κ1) is 13.3. The first-order valence-corrected chi connectivity index (χ1v) is 6.25. The van der Waals surface area contributed by atoms with Crippen molar-refractivity contribution >= 4 is 5.78 Å². The van der Waals surface area contributed by atoms with Gasteiger partial charge in [0.25, 0.3) is 0 Å². The highest BCUT2D eigenvalue weighted by atomic mass is 16.3. The van der Waals surface area contributed by atoms with Gasteiger partial charge in [-0.05, 0) is 28.8 Å². The molecule has 0 aromatic heterocycles. The van der Waals surface area contributed by atoms with Crippen LogP contribution in [0.4, 0.5) is 0 Å². The molecule has 0 unspecified atom stereocenters. The number of hydrogen-bond acceptors (Lipinski definition) is 3. The topological polar surface area (TPSA) is 63.3 Å². The van der Waals surface area contributed by atoms with Crippen LogP contribution in [0.15, 0.2) is 48.5 Å². The van der Waals surface area contributed by atoms with Gasteiger partial charge in [0.15, 0.2) is 0 Å². The van der Waals surface area contributed by atoms with E-state index in [1.54, 1.807) is 24.3 Å². The molecular weight excluding hydrogens is 238 g/mol. The van der Waals surface area contributed by atoms with Gasteiger partial charge in [-0.25, -0.2) is 0 Å². The van der Waals surface area contributed by atoms with E-state index in [9.17, 15) is 9.90 Å². The molecule has 0 radical (unpaired) electrons. The van der Waals surface area contributed by atoms with Crippen molar-refractivity contribution in [1.29, 1.82) is 0 Å². The monoisotopic (exact) mass is 255 g/mol. The molecule has 0 aliphatic heterocycles. The summed E-state index contributed by atoms with van der Waals surface area (Å²) in [6.07, 6.45) is 0.771. The minimum Gasteiger partial charge on any atom is -0.508 e. The average molecular weight is 255 g/mol. The minimum absolute atomic E-state index is 0.145. The van der Waals surface area contributed by atoms with Crippen molar-refractivity contribution in [2.24, 2.45) is 5.73 Å². The van der Waals surface area contributed by atoms with Crippen LogP contribution < -0.4 is 5.73 Å². The Hall–Kier alpha value is -2.13. The van der Waals surface area contributed by atoms with Crippen LogP contribution in [-0.2, 0) is 24.2 Å². The number of rotatable bonds is 5. The van der Waals surface area contributed by atoms with Gasteiger partial charge >= 0.3 is 0 Å². The molecule has 0 saturated heterocycles. The Labute approximate surface area is 112 Å². The molecule has 0 spiro atoms. The predicted molar refractivity (Wildman–Crippen MR) is 74.9 cm³/mol. The van der Waals surface area contributed by atoms with Crippen molar-refractivity contribution in [2.75, 3.05) is 0 Å². The molecule has 2 aromatic carbocycles. The maximum atomic E-state index is 12.0. The summed E-state index contributed by atoms with van der Waals surface area (Å²) in [7, 11) is 0. The van der Waals surface area contributed by atoms with E-state index < -0.39 is 0 Å². The van der Waals surface area contributed by atoms with Crippen molar-refractivity contribution in [2.45, 2.75) is 19.4 Å². The highest BCUT2D eigenvalue weighted by Gasteiger charge is 2.08. The Morgan fingerprint density at radius 2 is 1.58 bits per heavy atom. The summed E-state index contributed by atoms with van der Waals surface area (Å²) in [6, 6.07) is 14.5. The molecule has 0 atom stereocenters. The molecule has 98 valence electrons. The first-order chi connectivity index (χ1) is 9.19. The summed E-state index contributed by atoms with van der Waals surface area (Å²) in [5.74, 6) is 0.358. The van der Waals surface area contributed by atoms with Gasteiger partial charge in [-0.15, -0.1) is 0 Å². The summed E-state index contributed by atoms with van der Waals surface area (Å²) in [5, 5.41) is 9.20. The second-order valence-corrected chi connectivity index (χ2v) is 4.53. The van der Waals surface area contributed by atoms with E-state index in [4.69, 9.17) is 5.73 Å². The third kappa shape index (κ3) is 3.66. The van der Waals surface area contributed by atoms with E-state index in [0.717, 1.165) is 16.7 Å². The third-order valence-corrected chi connectivity index (χ3v) is 3.06. The van der Waals surface area contributed by atoms with Crippen LogP contribution >= 0.6 is 0 Å². The fourth-order valence-electron chi connectivity index (χ4n) is 2.05. The van der Waals surface area contributed by atoms with Crippen LogP contribution in [0.5, 0.6) is 5.75 Å². The molecule has 3 N–H and O–H groups in total. The Morgan fingerprint density at radius 1 is 0.947 bits per heavy atom. The molecule has 0 saturated carbocycles. The molecule has 0 heterocycles. The summed E-state index contributed by atoms with van der Waals surface area (Å²) >= 11 is 0. The molecule has 19 heavy (non-hydrogen) atoms. The lowest BCUT2D eigenvalue weighted by Gasteiger charge is -2.07. The van der Waals surface area contributed by atoms with E-state index >= 15 is 0 Å². The van der Waals surface area contributed by atoms with E-state index in [2.05, 4.69) is 0 Å². The number of benzene rings is 2. The number of ketones is 1. The zero-order valence-electron chi connectivity index (χ0n) is 10.7. The normalized spacial score (nSPS) is 10.4. The lowest BCUT2D eigenvalue weighted by Crippen LogP contribution is -2.10. The molecular formula is C16H17NO2. The zero-order valence-corrected chi connectivity index (χ0v) is 10.7. The van der Waals surface area contributed by atoms with Gasteiger partial charge in [-0.2, -0.15) is 0 Å². The van der Waals surface area contributed by atoms with E-state index in [-0.39, 0.29) is 11.5 Å². The predicted octanol–water partition coefficient (Wildman–Crippen LogP) is 2.21. The highest BCUT2D eigenvalue weighted by Crippen LogP contribution is 2.13. The molecule has 0 bridgehead atoms. The largest absolute Gasteiger partial charge is 0.508 e. The van der Waals surface area contributed by atoms with Gasteiger partial charge < -0.3 is 10.8 Å². The number of phenols is 1. The van der Waals surface area contributed by atoms with E-state index in [0.29, 0.717) is 19.4 Å². The molecule has 0 fully saturated rings. The van der Waals surface area contributed by atoms with Gasteiger partial charge in [0.2, 0.25) is 0 Å². The lowest BCUT2D eigenvalue weighted by atomic mass is 9.99. The fourth-order valence-corrected chi connectivity index (χ4v) is 2.05. The zero-order chi connectivity index (χ0) is 13.7. The highest BCUT2D eigenvalue weighted by molar-refractivity contribution is 5.83. The van der Waals surface area contributed by atoms with Crippen LogP contribution in [0.25, 0.3) is 0 Å². The van der Waals surface area contributed by atoms with Gasteiger partial charge in [-0.1, -0.05) is 36.4 Å². The van der Waals surface area contributed by atoms with Crippen LogP contribution in [0.3, 0.4) is 0 Å². The Balaban J connectivity index is 2.03. The third-order valence-electron chi connectivity index (χ3n) is 3.06. The van der Waals surface area contributed by atoms with E-state index in [1.165, 1.54) is 0 Å². The maximum absolute atomic E-state index is 12.0. The van der Waals surface area contributed by atoms with Crippen molar-refractivity contribution in [1.82, 2.24) is 0 Å². The van der Waals surface area contributed by atoms with Gasteiger partial charge in [-0.3, -0.25) is 4.79 Å². The summed E-state index contributed by atoms with van der Waals surface area (Å²) in [4.78, 5) is 12.0.